The van der Waals surface area contributed by atoms with Gasteiger partial charge < -0.3 is 9.13 Å². The van der Waals surface area contributed by atoms with Gasteiger partial charge in [-0.3, -0.25) is 0 Å². The molecule has 0 fully saturated rings. The summed E-state index contributed by atoms with van der Waals surface area (Å²) in [5, 5.41) is 5.08. The highest BCUT2D eigenvalue weighted by atomic mass is 15.0. The van der Waals surface area contributed by atoms with Gasteiger partial charge in [-0.15, -0.1) is 0 Å². The van der Waals surface area contributed by atoms with Crippen molar-refractivity contribution in [3.63, 3.8) is 0 Å². The second-order valence-corrected chi connectivity index (χ2v) is 15.0. The van der Waals surface area contributed by atoms with Gasteiger partial charge >= 0.3 is 0 Å². The SMILES string of the molecule is CC1(C)c2ccccc2-c2cc3c4ccccc4n(-c4ccc(-c5ccc6c(c5)c5ccccc5n6-c5ccccc5)cc4-c4ccccc4)c3cc21. The van der Waals surface area contributed by atoms with Gasteiger partial charge in [0.15, 0.2) is 0 Å². The van der Waals surface area contributed by atoms with E-state index in [-0.39, 0.29) is 5.41 Å². The molecule has 2 nitrogen and oxygen atoms in total. The van der Waals surface area contributed by atoms with Crippen molar-refractivity contribution >= 4 is 43.6 Å². The predicted molar refractivity (Wildman–Crippen MR) is 224 cm³/mol. The first-order valence-corrected chi connectivity index (χ1v) is 18.5. The fraction of sp³-hybridized carbons (Fsp3) is 0.0588. The van der Waals surface area contributed by atoms with Crippen LogP contribution in [-0.4, -0.2) is 9.13 Å². The zero-order valence-corrected chi connectivity index (χ0v) is 29.7. The van der Waals surface area contributed by atoms with Gasteiger partial charge in [0.2, 0.25) is 0 Å². The fourth-order valence-corrected chi connectivity index (χ4v) is 9.19. The quantitative estimate of drug-likeness (QED) is 0.176. The summed E-state index contributed by atoms with van der Waals surface area (Å²) < 4.78 is 4.89. The highest BCUT2D eigenvalue weighted by Gasteiger charge is 2.36. The van der Waals surface area contributed by atoms with Crippen molar-refractivity contribution < 1.29 is 0 Å². The fourth-order valence-electron chi connectivity index (χ4n) is 9.19. The van der Waals surface area contributed by atoms with Gasteiger partial charge in [-0.1, -0.05) is 135 Å². The van der Waals surface area contributed by atoms with E-state index in [0.29, 0.717) is 0 Å². The van der Waals surface area contributed by atoms with Gasteiger partial charge in [0.1, 0.15) is 0 Å². The molecule has 0 atom stereocenters. The van der Waals surface area contributed by atoms with Crippen molar-refractivity contribution in [2.24, 2.45) is 0 Å². The maximum Gasteiger partial charge on any atom is 0.0544 e. The summed E-state index contributed by atoms with van der Waals surface area (Å²) >= 11 is 0. The molecule has 10 aromatic rings. The Morgan fingerprint density at radius 3 is 1.70 bits per heavy atom. The van der Waals surface area contributed by atoms with E-state index >= 15 is 0 Å². The van der Waals surface area contributed by atoms with E-state index in [1.54, 1.807) is 0 Å². The van der Waals surface area contributed by atoms with Crippen molar-refractivity contribution in [2.45, 2.75) is 19.3 Å². The predicted octanol–water partition coefficient (Wildman–Crippen LogP) is 13.5. The van der Waals surface area contributed by atoms with Crippen LogP contribution in [0.3, 0.4) is 0 Å². The summed E-state index contributed by atoms with van der Waals surface area (Å²) in [6, 6.07) is 67.1. The highest BCUT2D eigenvalue weighted by molar-refractivity contribution is 6.13. The summed E-state index contributed by atoms with van der Waals surface area (Å²) in [5.74, 6) is 0. The van der Waals surface area contributed by atoms with Crippen LogP contribution < -0.4 is 0 Å². The molecule has 8 aromatic carbocycles. The molecule has 0 aliphatic heterocycles. The lowest BCUT2D eigenvalue weighted by atomic mass is 9.82. The van der Waals surface area contributed by atoms with Crippen molar-refractivity contribution in [1.82, 2.24) is 9.13 Å². The molecule has 53 heavy (non-hydrogen) atoms. The van der Waals surface area contributed by atoms with Crippen molar-refractivity contribution in [3.8, 4) is 44.8 Å². The molecule has 250 valence electrons. The minimum absolute atomic E-state index is 0.0875. The van der Waals surface area contributed by atoms with Crippen LogP contribution in [-0.2, 0) is 5.41 Å². The summed E-state index contributed by atoms with van der Waals surface area (Å²) in [4.78, 5) is 0. The van der Waals surface area contributed by atoms with Crippen molar-refractivity contribution in [3.05, 3.63) is 193 Å². The van der Waals surface area contributed by atoms with E-state index in [4.69, 9.17) is 0 Å². The van der Waals surface area contributed by atoms with Crippen LogP contribution in [0.5, 0.6) is 0 Å². The van der Waals surface area contributed by atoms with Gasteiger partial charge in [0.25, 0.3) is 0 Å². The second kappa shape index (κ2) is 11.2. The Hall–Kier alpha value is -6.64. The van der Waals surface area contributed by atoms with E-state index in [9.17, 15) is 0 Å². The molecular weight excluding hydrogens is 641 g/mol. The number of hydrogen-bond donors (Lipinski definition) is 0. The number of hydrogen-bond acceptors (Lipinski definition) is 0. The average molecular weight is 677 g/mol. The molecule has 11 rings (SSSR count). The lowest BCUT2D eigenvalue weighted by Crippen LogP contribution is -2.15. The van der Waals surface area contributed by atoms with Crippen LogP contribution in [0.2, 0.25) is 0 Å². The normalized spacial score (nSPS) is 13.2. The van der Waals surface area contributed by atoms with Gasteiger partial charge in [-0.25, -0.2) is 0 Å². The molecule has 1 aliphatic carbocycles. The largest absolute Gasteiger partial charge is 0.309 e. The van der Waals surface area contributed by atoms with E-state index in [0.717, 1.165) is 0 Å². The molecule has 0 unspecified atom stereocenters. The Balaban J connectivity index is 1.15. The number of aromatic nitrogens is 2. The molecule has 0 bridgehead atoms. The number of para-hydroxylation sites is 3. The van der Waals surface area contributed by atoms with E-state index in [1.807, 2.05) is 0 Å². The van der Waals surface area contributed by atoms with Crippen LogP contribution >= 0.6 is 0 Å². The third-order valence-electron chi connectivity index (χ3n) is 11.7. The summed E-state index contributed by atoms with van der Waals surface area (Å²) in [6.07, 6.45) is 0. The topological polar surface area (TPSA) is 9.86 Å². The average Bonchev–Trinajstić information content (AvgIpc) is 3.80. The number of nitrogens with zero attached hydrogens (tertiary/aromatic N) is 2. The first kappa shape index (κ1) is 30.0. The third kappa shape index (κ3) is 4.33. The van der Waals surface area contributed by atoms with Crippen LogP contribution in [0.25, 0.3) is 88.4 Å². The van der Waals surface area contributed by atoms with E-state index < -0.39 is 0 Å². The summed E-state index contributed by atoms with van der Waals surface area (Å²) in [7, 11) is 0. The molecule has 0 amide bonds. The maximum atomic E-state index is 2.51. The zero-order chi connectivity index (χ0) is 35.3. The summed E-state index contributed by atoms with van der Waals surface area (Å²) in [6.45, 7) is 4.74. The minimum Gasteiger partial charge on any atom is -0.309 e. The Bertz CT molecular complexity index is 3070. The van der Waals surface area contributed by atoms with E-state index in [1.165, 1.54) is 99.5 Å². The van der Waals surface area contributed by atoms with Gasteiger partial charge in [0, 0.05) is 38.2 Å². The van der Waals surface area contributed by atoms with Crippen molar-refractivity contribution in [1.29, 1.82) is 0 Å². The number of benzene rings is 8. The number of rotatable bonds is 4. The molecular formula is C51H36N2. The smallest absolute Gasteiger partial charge is 0.0544 e. The van der Waals surface area contributed by atoms with Crippen molar-refractivity contribution in [2.75, 3.05) is 0 Å². The van der Waals surface area contributed by atoms with Crippen LogP contribution in [0.1, 0.15) is 25.0 Å². The third-order valence-corrected chi connectivity index (χ3v) is 11.7. The Labute approximate surface area is 308 Å². The molecule has 1 aliphatic rings. The Morgan fingerprint density at radius 2 is 0.925 bits per heavy atom. The van der Waals surface area contributed by atoms with E-state index in [2.05, 4.69) is 205 Å². The second-order valence-electron chi connectivity index (χ2n) is 15.0. The van der Waals surface area contributed by atoms with Gasteiger partial charge in [-0.2, -0.15) is 0 Å². The standard InChI is InChI=1S/C51H36N2/c1-51(2)44-22-12-9-19-37(44)41-31-43-39-21-11-14-24-47(39)53(50(43)32-45(41)51)48-27-25-34(29-40(48)33-15-5-3-6-16-33)35-26-28-49-42(30-35)38-20-10-13-23-46(38)52(49)36-17-7-4-8-18-36/h3-32H,1-2H3. The van der Waals surface area contributed by atoms with Crippen LogP contribution in [0, 0.1) is 0 Å². The first-order valence-electron chi connectivity index (χ1n) is 18.5. The molecule has 0 spiro atoms. The lowest BCUT2D eigenvalue weighted by molar-refractivity contribution is 0.661. The lowest BCUT2D eigenvalue weighted by Gasteiger charge is -2.22. The number of fused-ring (bicyclic) bond motifs is 9. The van der Waals surface area contributed by atoms with Crippen LogP contribution in [0.15, 0.2) is 182 Å². The molecule has 0 saturated heterocycles. The first-order chi connectivity index (χ1) is 26.1. The monoisotopic (exact) mass is 676 g/mol. The highest BCUT2D eigenvalue weighted by Crippen LogP contribution is 2.51. The molecule has 0 saturated carbocycles. The summed E-state index contributed by atoms with van der Waals surface area (Å²) in [5.41, 5.74) is 17.5. The molecule has 0 radical (unpaired) electrons. The molecule has 0 N–H and O–H groups in total. The Kier molecular flexibility index (Phi) is 6.33. The van der Waals surface area contributed by atoms with Gasteiger partial charge in [-0.05, 0) is 99.6 Å². The minimum atomic E-state index is -0.0875. The zero-order valence-electron chi connectivity index (χ0n) is 29.7. The molecule has 2 heterocycles. The van der Waals surface area contributed by atoms with Crippen LogP contribution in [0.4, 0.5) is 0 Å². The maximum absolute atomic E-state index is 2.51. The molecule has 2 heteroatoms. The Morgan fingerprint density at radius 1 is 0.340 bits per heavy atom. The van der Waals surface area contributed by atoms with Gasteiger partial charge in [0.05, 0.1) is 27.8 Å². The molecule has 2 aromatic heterocycles.